The Kier molecular flexibility index (Phi) is 3.57. The molecule has 1 N–H and O–H groups in total. The third kappa shape index (κ3) is 3.23. The molecule has 0 atom stereocenters. The second-order valence-corrected chi connectivity index (χ2v) is 6.89. The zero-order valence-corrected chi connectivity index (χ0v) is 12.2. The van der Waals surface area contributed by atoms with E-state index in [-0.39, 0.29) is 0 Å². The average Bonchev–Trinajstić information content (AvgIpc) is 3.23. The molecule has 2 saturated carbocycles. The number of rotatable bonds is 7. The van der Waals surface area contributed by atoms with E-state index in [0.717, 1.165) is 25.2 Å². The van der Waals surface area contributed by atoms with Crippen molar-refractivity contribution in [1.29, 1.82) is 0 Å². The number of nitrogens with zero attached hydrogens (tertiary/aromatic N) is 2. The van der Waals surface area contributed by atoms with Crippen molar-refractivity contribution in [2.45, 2.75) is 58.2 Å². The van der Waals surface area contributed by atoms with Crippen LogP contribution >= 0.6 is 11.3 Å². The Hall–Kier alpha value is -0.610. The predicted octanol–water partition coefficient (Wildman–Crippen LogP) is 3.02. The Bertz CT molecular complexity index is 393. The smallest absolute Gasteiger partial charge is 0.185 e. The molecule has 0 saturated heterocycles. The highest BCUT2D eigenvalue weighted by Crippen LogP contribution is 2.34. The van der Waals surface area contributed by atoms with Crippen LogP contribution in [0.2, 0.25) is 0 Å². The Balaban J connectivity index is 1.61. The molecule has 1 heterocycles. The third-order valence-corrected chi connectivity index (χ3v) is 4.41. The first-order valence-electron chi connectivity index (χ1n) is 7.17. The van der Waals surface area contributed by atoms with Crippen LogP contribution < -0.4 is 10.2 Å². The largest absolute Gasteiger partial charge is 0.345 e. The van der Waals surface area contributed by atoms with E-state index in [4.69, 9.17) is 4.98 Å². The number of aromatic nitrogens is 1. The molecule has 18 heavy (non-hydrogen) atoms. The standard InChI is InChI=1S/C14H23N3S/c1-10(2)8-17(13-5-6-13)14-16-12(9-18-14)7-15-11-3-4-11/h9-11,13,15H,3-8H2,1-2H3. The number of thiazole rings is 1. The van der Waals surface area contributed by atoms with Gasteiger partial charge in [0, 0.05) is 30.6 Å². The summed E-state index contributed by atoms with van der Waals surface area (Å²) in [6.07, 6.45) is 5.39. The van der Waals surface area contributed by atoms with Crippen LogP contribution in [-0.4, -0.2) is 23.6 Å². The number of hydrogen-bond acceptors (Lipinski definition) is 4. The summed E-state index contributed by atoms with van der Waals surface area (Å²) < 4.78 is 0. The maximum atomic E-state index is 4.81. The van der Waals surface area contributed by atoms with E-state index < -0.39 is 0 Å². The lowest BCUT2D eigenvalue weighted by atomic mass is 10.2. The zero-order chi connectivity index (χ0) is 12.5. The second-order valence-electron chi connectivity index (χ2n) is 6.05. The highest BCUT2D eigenvalue weighted by atomic mass is 32.1. The zero-order valence-electron chi connectivity index (χ0n) is 11.4. The molecule has 0 amide bonds. The first-order chi connectivity index (χ1) is 8.72. The molecule has 0 spiro atoms. The fourth-order valence-electron chi connectivity index (χ4n) is 2.21. The maximum absolute atomic E-state index is 4.81. The van der Waals surface area contributed by atoms with Gasteiger partial charge in [0.05, 0.1) is 5.69 Å². The summed E-state index contributed by atoms with van der Waals surface area (Å²) in [5, 5.41) is 6.99. The van der Waals surface area contributed by atoms with Crippen LogP contribution in [0.3, 0.4) is 0 Å². The molecule has 0 radical (unpaired) electrons. The van der Waals surface area contributed by atoms with E-state index in [1.54, 1.807) is 0 Å². The highest BCUT2D eigenvalue weighted by molar-refractivity contribution is 7.13. The van der Waals surface area contributed by atoms with Crippen molar-refractivity contribution in [3.8, 4) is 0 Å². The molecule has 0 aromatic carbocycles. The Morgan fingerprint density at radius 3 is 2.78 bits per heavy atom. The summed E-state index contributed by atoms with van der Waals surface area (Å²) in [6, 6.07) is 1.54. The Labute approximate surface area is 114 Å². The van der Waals surface area contributed by atoms with Gasteiger partial charge in [-0.05, 0) is 31.6 Å². The molecular weight excluding hydrogens is 242 g/mol. The molecule has 0 unspecified atom stereocenters. The fourth-order valence-corrected chi connectivity index (χ4v) is 3.12. The lowest BCUT2D eigenvalue weighted by molar-refractivity contribution is 0.604. The van der Waals surface area contributed by atoms with Crippen LogP contribution in [0.4, 0.5) is 5.13 Å². The van der Waals surface area contributed by atoms with Gasteiger partial charge in [0.15, 0.2) is 5.13 Å². The van der Waals surface area contributed by atoms with Crippen LogP contribution in [0.15, 0.2) is 5.38 Å². The van der Waals surface area contributed by atoms with E-state index in [0.29, 0.717) is 5.92 Å². The molecule has 1 aromatic rings. The summed E-state index contributed by atoms with van der Waals surface area (Å²) in [7, 11) is 0. The Morgan fingerprint density at radius 2 is 2.17 bits per heavy atom. The molecule has 4 heteroatoms. The van der Waals surface area contributed by atoms with Crippen molar-refractivity contribution in [1.82, 2.24) is 10.3 Å². The number of hydrogen-bond donors (Lipinski definition) is 1. The summed E-state index contributed by atoms with van der Waals surface area (Å²) in [4.78, 5) is 7.33. The van der Waals surface area contributed by atoms with Gasteiger partial charge in [-0.15, -0.1) is 11.3 Å². The van der Waals surface area contributed by atoms with Crippen molar-refractivity contribution in [3.63, 3.8) is 0 Å². The van der Waals surface area contributed by atoms with E-state index >= 15 is 0 Å². The van der Waals surface area contributed by atoms with Crippen molar-refractivity contribution in [2.24, 2.45) is 5.92 Å². The molecule has 100 valence electrons. The maximum Gasteiger partial charge on any atom is 0.185 e. The SMILES string of the molecule is CC(C)CN(c1nc(CNC2CC2)cs1)C1CC1. The van der Waals surface area contributed by atoms with Gasteiger partial charge in [0.2, 0.25) is 0 Å². The van der Waals surface area contributed by atoms with Gasteiger partial charge in [-0.25, -0.2) is 4.98 Å². The molecule has 1 aromatic heterocycles. The van der Waals surface area contributed by atoms with Gasteiger partial charge in [-0.1, -0.05) is 13.8 Å². The lowest BCUT2D eigenvalue weighted by Crippen LogP contribution is -2.29. The van der Waals surface area contributed by atoms with Gasteiger partial charge in [-0.3, -0.25) is 0 Å². The van der Waals surface area contributed by atoms with Gasteiger partial charge in [0.1, 0.15) is 0 Å². The minimum Gasteiger partial charge on any atom is -0.345 e. The van der Waals surface area contributed by atoms with Gasteiger partial charge in [0.25, 0.3) is 0 Å². The Morgan fingerprint density at radius 1 is 1.39 bits per heavy atom. The van der Waals surface area contributed by atoms with Crippen molar-refractivity contribution in [3.05, 3.63) is 11.1 Å². The third-order valence-electron chi connectivity index (χ3n) is 3.48. The summed E-state index contributed by atoms with van der Waals surface area (Å²) in [5.41, 5.74) is 1.22. The first kappa shape index (κ1) is 12.4. The molecule has 2 aliphatic carbocycles. The monoisotopic (exact) mass is 265 g/mol. The fraction of sp³-hybridized carbons (Fsp3) is 0.786. The first-order valence-corrected chi connectivity index (χ1v) is 8.05. The average molecular weight is 265 g/mol. The van der Waals surface area contributed by atoms with Crippen LogP contribution in [0.25, 0.3) is 0 Å². The molecule has 0 bridgehead atoms. The van der Waals surface area contributed by atoms with E-state index in [9.17, 15) is 0 Å². The number of nitrogens with one attached hydrogen (secondary N) is 1. The molecule has 2 fully saturated rings. The summed E-state index contributed by atoms with van der Waals surface area (Å²) >= 11 is 1.81. The molecule has 2 aliphatic rings. The molecular formula is C14H23N3S. The molecule has 3 rings (SSSR count). The van der Waals surface area contributed by atoms with Crippen LogP contribution in [-0.2, 0) is 6.54 Å². The lowest BCUT2D eigenvalue weighted by Gasteiger charge is -2.23. The normalized spacial score (nSPS) is 19.5. The highest BCUT2D eigenvalue weighted by Gasteiger charge is 2.31. The molecule has 0 aliphatic heterocycles. The van der Waals surface area contributed by atoms with Crippen molar-refractivity contribution < 1.29 is 0 Å². The van der Waals surface area contributed by atoms with Crippen molar-refractivity contribution in [2.75, 3.05) is 11.4 Å². The van der Waals surface area contributed by atoms with Gasteiger partial charge >= 0.3 is 0 Å². The summed E-state index contributed by atoms with van der Waals surface area (Å²) in [6.45, 7) is 6.67. The summed E-state index contributed by atoms with van der Waals surface area (Å²) in [5.74, 6) is 0.711. The predicted molar refractivity (Wildman–Crippen MR) is 77.2 cm³/mol. The van der Waals surface area contributed by atoms with E-state index in [2.05, 4.69) is 29.4 Å². The van der Waals surface area contributed by atoms with Crippen LogP contribution in [0.1, 0.15) is 45.2 Å². The quantitative estimate of drug-likeness (QED) is 0.821. The van der Waals surface area contributed by atoms with E-state index in [1.165, 1.54) is 36.5 Å². The van der Waals surface area contributed by atoms with Crippen LogP contribution in [0.5, 0.6) is 0 Å². The minimum atomic E-state index is 0.711. The van der Waals surface area contributed by atoms with Gasteiger partial charge < -0.3 is 10.2 Å². The second kappa shape index (κ2) is 5.17. The number of anilines is 1. The topological polar surface area (TPSA) is 28.2 Å². The van der Waals surface area contributed by atoms with E-state index in [1.807, 2.05) is 11.3 Å². The van der Waals surface area contributed by atoms with Crippen molar-refractivity contribution >= 4 is 16.5 Å². The van der Waals surface area contributed by atoms with Gasteiger partial charge in [-0.2, -0.15) is 0 Å². The molecule has 3 nitrogen and oxygen atoms in total. The minimum absolute atomic E-state index is 0.711. The van der Waals surface area contributed by atoms with Crippen LogP contribution in [0, 0.1) is 5.92 Å².